The third kappa shape index (κ3) is 8.02. The molecule has 0 aliphatic heterocycles. The molecule has 0 aromatic carbocycles. The molecule has 0 aliphatic rings. The zero-order chi connectivity index (χ0) is 11.2. The number of esters is 2. The Labute approximate surface area is 86.8 Å². The topological polar surface area (TPSA) is 97.7 Å². The first-order valence-corrected chi connectivity index (χ1v) is 5.89. The van der Waals surface area contributed by atoms with Crippen LogP contribution in [-0.2, 0) is 24.4 Å². The Bertz CT molecular complexity index is 306. The van der Waals surface area contributed by atoms with Crippen LogP contribution in [0.15, 0.2) is 0 Å². The Morgan fingerprint density at radius 3 is 2.14 bits per heavy atom. The molecule has 0 radical (unpaired) electrons. The summed E-state index contributed by atoms with van der Waals surface area (Å²) in [5.41, 5.74) is 0. The van der Waals surface area contributed by atoms with E-state index >= 15 is 0 Å². The Morgan fingerprint density at radius 1 is 1.21 bits per heavy atom. The third-order valence-electron chi connectivity index (χ3n) is 1.11. The molecule has 8 heteroatoms. The molecule has 0 bridgehead atoms. The molecule has 0 fully saturated rings. The van der Waals surface area contributed by atoms with Gasteiger partial charge in [0.1, 0.15) is 0 Å². The van der Waals surface area contributed by atoms with Crippen LogP contribution in [0.3, 0.4) is 0 Å². The first kappa shape index (κ1) is 13.4. The fourth-order valence-corrected chi connectivity index (χ4v) is 1.14. The predicted molar refractivity (Wildman–Crippen MR) is 50.6 cm³/mol. The van der Waals surface area contributed by atoms with E-state index < -0.39 is 34.2 Å². The molecule has 82 valence electrons. The second kappa shape index (κ2) is 5.99. The van der Waals surface area contributed by atoms with Crippen LogP contribution in [-0.4, -0.2) is 36.4 Å². The highest BCUT2D eigenvalue weighted by Crippen LogP contribution is 1.95. The number of hydrogen-bond acceptors (Lipinski definition) is 6. The molecule has 0 unspecified atom stereocenters. The van der Waals surface area contributed by atoms with E-state index in [4.69, 9.17) is 4.55 Å². The molecule has 14 heavy (non-hydrogen) atoms. The molecule has 0 saturated heterocycles. The van der Waals surface area contributed by atoms with E-state index in [2.05, 4.69) is 17.4 Å². The van der Waals surface area contributed by atoms with Crippen LogP contribution in [0.1, 0.15) is 12.8 Å². The first-order chi connectivity index (χ1) is 6.35. The zero-order valence-electron chi connectivity index (χ0n) is 7.17. The largest absolute Gasteiger partial charge is 0.393 e. The zero-order valence-corrected chi connectivity index (χ0v) is 8.88. The Hall–Kier alpha value is -0.600. The fraction of sp³-hybridized carbons (Fsp3) is 0.667. The lowest BCUT2D eigenvalue weighted by atomic mass is 10.5. The summed E-state index contributed by atoms with van der Waals surface area (Å²) in [6, 6.07) is 0. The number of rotatable bonds is 5. The van der Waals surface area contributed by atoms with Crippen molar-refractivity contribution in [3.05, 3.63) is 0 Å². The summed E-state index contributed by atoms with van der Waals surface area (Å²) in [6.45, 7) is 0. The van der Waals surface area contributed by atoms with Crippen molar-refractivity contribution >= 4 is 34.7 Å². The molecule has 1 N–H and O–H groups in total. The first-order valence-electron chi connectivity index (χ1n) is 3.64. The van der Waals surface area contributed by atoms with Crippen molar-refractivity contribution in [2.75, 3.05) is 11.5 Å². The van der Waals surface area contributed by atoms with E-state index in [1.54, 1.807) is 0 Å². The van der Waals surface area contributed by atoms with Crippen molar-refractivity contribution in [2.24, 2.45) is 0 Å². The van der Waals surface area contributed by atoms with Gasteiger partial charge in [-0.3, -0.25) is 14.1 Å². The molecule has 0 amide bonds. The predicted octanol–water partition coefficient (Wildman–Crippen LogP) is -0.346. The maximum Gasteiger partial charge on any atom is 0.314 e. The van der Waals surface area contributed by atoms with Crippen molar-refractivity contribution < 1.29 is 27.3 Å². The minimum absolute atomic E-state index is 0.0271. The lowest BCUT2D eigenvalue weighted by Gasteiger charge is -2.00. The van der Waals surface area contributed by atoms with E-state index in [1.165, 1.54) is 0 Å². The van der Waals surface area contributed by atoms with Crippen LogP contribution in [0.2, 0.25) is 0 Å². The molecule has 0 saturated carbocycles. The second-order valence-corrected chi connectivity index (χ2v) is 4.38. The van der Waals surface area contributed by atoms with Gasteiger partial charge in [0.2, 0.25) is 0 Å². The highest BCUT2D eigenvalue weighted by molar-refractivity contribution is 7.85. The molecular formula is C6H10O6S2. The van der Waals surface area contributed by atoms with Crippen LogP contribution in [0, 0.1) is 0 Å². The molecule has 0 aromatic heterocycles. The van der Waals surface area contributed by atoms with Gasteiger partial charge in [0.05, 0.1) is 18.6 Å². The van der Waals surface area contributed by atoms with Crippen LogP contribution >= 0.6 is 12.6 Å². The van der Waals surface area contributed by atoms with Crippen molar-refractivity contribution in [2.45, 2.75) is 12.8 Å². The molecule has 0 heterocycles. The quantitative estimate of drug-likeness (QED) is 0.296. The van der Waals surface area contributed by atoms with E-state index in [0.717, 1.165) is 0 Å². The van der Waals surface area contributed by atoms with Gasteiger partial charge in [-0.2, -0.15) is 21.0 Å². The number of carbonyl (C=O) groups is 2. The molecule has 0 spiro atoms. The van der Waals surface area contributed by atoms with Crippen molar-refractivity contribution in [3.63, 3.8) is 0 Å². The molecule has 0 atom stereocenters. The highest BCUT2D eigenvalue weighted by Gasteiger charge is 2.13. The van der Waals surface area contributed by atoms with Gasteiger partial charge in [0.15, 0.2) is 0 Å². The van der Waals surface area contributed by atoms with Gasteiger partial charge in [-0.05, 0) is 0 Å². The van der Waals surface area contributed by atoms with Gasteiger partial charge < -0.3 is 4.74 Å². The van der Waals surface area contributed by atoms with Gasteiger partial charge in [-0.25, -0.2) is 0 Å². The maximum absolute atomic E-state index is 10.7. The number of ether oxygens (including phenoxy) is 1. The lowest BCUT2D eigenvalue weighted by molar-refractivity contribution is -0.159. The van der Waals surface area contributed by atoms with Crippen LogP contribution in [0.4, 0.5) is 0 Å². The van der Waals surface area contributed by atoms with Crippen molar-refractivity contribution in [1.82, 2.24) is 0 Å². The Balaban J connectivity index is 3.83. The summed E-state index contributed by atoms with van der Waals surface area (Å²) >= 11 is 3.73. The highest BCUT2D eigenvalue weighted by atomic mass is 32.2. The minimum atomic E-state index is -4.19. The Morgan fingerprint density at radius 2 is 1.71 bits per heavy atom. The molecule has 0 aliphatic carbocycles. The molecular weight excluding hydrogens is 232 g/mol. The van der Waals surface area contributed by atoms with Gasteiger partial charge in [-0.1, -0.05) is 0 Å². The smallest absolute Gasteiger partial charge is 0.314 e. The fourth-order valence-electron chi connectivity index (χ4n) is 0.533. The monoisotopic (exact) mass is 242 g/mol. The van der Waals surface area contributed by atoms with Crippen molar-refractivity contribution in [1.29, 1.82) is 0 Å². The molecule has 0 rings (SSSR count). The average molecular weight is 242 g/mol. The summed E-state index contributed by atoms with van der Waals surface area (Å²) < 4.78 is 32.9. The number of thiol groups is 1. The van der Waals surface area contributed by atoms with Gasteiger partial charge in [0, 0.05) is 5.75 Å². The van der Waals surface area contributed by atoms with E-state index in [9.17, 15) is 18.0 Å². The van der Waals surface area contributed by atoms with E-state index in [-0.39, 0.29) is 12.2 Å². The number of carbonyl (C=O) groups excluding carboxylic acids is 2. The number of hydrogen-bond donors (Lipinski definition) is 2. The standard InChI is InChI=1S/C6H10O6S2/c7-5(1-3-13)12-6(8)2-4-14(9,10)11/h13H,1-4H2,(H,9,10,11). The van der Waals surface area contributed by atoms with Gasteiger partial charge in [-0.15, -0.1) is 0 Å². The normalized spacial score (nSPS) is 11.0. The summed E-state index contributed by atoms with van der Waals surface area (Å²) in [5.74, 6) is -2.25. The summed E-state index contributed by atoms with van der Waals surface area (Å²) in [7, 11) is -4.19. The van der Waals surface area contributed by atoms with Crippen LogP contribution in [0.25, 0.3) is 0 Å². The molecule has 6 nitrogen and oxygen atoms in total. The van der Waals surface area contributed by atoms with E-state index in [1.807, 2.05) is 0 Å². The average Bonchev–Trinajstić information content (AvgIpc) is 2.00. The summed E-state index contributed by atoms with van der Waals surface area (Å²) in [5, 5.41) is 0. The van der Waals surface area contributed by atoms with Gasteiger partial charge >= 0.3 is 11.9 Å². The third-order valence-corrected chi connectivity index (χ3v) is 2.05. The summed E-state index contributed by atoms with van der Waals surface area (Å²) in [6.07, 6.45) is -0.572. The minimum Gasteiger partial charge on any atom is -0.393 e. The SMILES string of the molecule is O=C(CCS)OC(=O)CCS(=O)(=O)O. The second-order valence-electron chi connectivity index (χ2n) is 2.36. The summed E-state index contributed by atoms with van der Waals surface area (Å²) in [4.78, 5) is 21.4. The lowest BCUT2D eigenvalue weighted by Crippen LogP contribution is -2.16. The van der Waals surface area contributed by atoms with Crippen LogP contribution in [0.5, 0.6) is 0 Å². The van der Waals surface area contributed by atoms with Gasteiger partial charge in [0.25, 0.3) is 10.1 Å². The Kier molecular flexibility index (Phi) is 5.73. The van der Waals surface area contributed by atoms with E-state index in [0.29, 0.717) is 0 Å². The van der Waals surface area contributed by atoms with Crippen LogP contribution < -0.4 is 0 Å². The van der Waals surface area contributed by atoms with Crippen molar-refractivity contribution in [3.8, 4) is 0 Å². The molecule has 0 aromatic rings. The maximum atomic E-state index is 10.7.